The van der Waals surface area contributed by atoms with Crippen molar-refractivity contribution in [2.45, 2.75) is 25.4 Å². The molecular weight excluding hydrogens is 284 g/mol. The third kappa shape index (κ3) is 2.43. The Morgan fingerprint density at radius 2 is 2.23 bits per heavy atom. The maximum Gasteiger partial charge on any atom is 0.419 e. The summed E-state index contributed by atoms with van der Waals surface area (Å²) >= 11 is 0. The first kappa shape index (κ1) is 14.8. The van der Waals surface area contributed by atoms with Gasteiger partial charge in [0.1, 0.15) is 0 Å². The fourth-order valence-electron chi connectivity index (χ4n) is 3.19. The van der Waals surface area contributed by atoms with Crippen LogP contribution in [0, 0.1) is 5.92 Å². The van der Waals surface area contributed by atoms with Gasteiger partial charge in [-0.2, -0.15) is 0 Å². The summed E-state index contributed by atoms with van der Waals surface area (Å²) in [5, 5.41) is 9.90. The van der Waals surface area contributed by atoms with E-state index in [9.17, 15) is 14.7 Å². The summed E-state index contributed by atoms with van der Waals surface area (Å²) < 4.78 is 6.58. The highest BCUT2D eigenvalue weighted by Crippen LogP contribution is 2.27. The quantitative estimate of drug-likeness (QED) is 0.929. The Morgan fingerprint density at radius 3 is 2.91 bits per heavy atom. The van der Waals surface area contributed by atoms with Crippen molar-refractivity contribution in [2.75, 3.05) is 13.6 Å². The second kappa shape index (κ2) is 5.61. The Bertz CT molecular complexity index is 761. The number of aromatic nitrogens is 1. The molecule has 0 saturated heterocycles. The molecule has 118 valence electrons. The van der Waals surface area contributed by atoms with E-state index in [2.05, 4.69) is 0 Å². The van der Waals surface area contributed by atoms with E-state index < -0.39 is 5.76 Å². The van der Waals surface area contributed by atoms with Crippen molar-refractivity contribution >= 4 is 17.0 Å². The first-order chi connectivity index (χ1) is 10.5. The molecule has 1 aromatic heterocycles. The highest BCUT2D eigenvalue weighted by atomic mass is 16.4. The Labute approximate surface area is 127 Å². The minimum atomic E-state index is -0.482. The van der Waals surface area contributed by atoms with Gasteiger partial charge in [0, 0.05) is 26.6 Å². The number of hydrogen-bond donors (Lipinski definition) is 1. The lowest BCUT2D eigenvalue weighted by Gasteiger charge is -2.23. The zero-order valence-corrected chi connectivity index (χ0v) is 12.8. The normalized spacial score (nSPS) is 21.4. The summed E-state index contributed by atoms with van der Waals surface area (Å²) in [4.78, 5) is 25.9. The minimum absolute atomic E-state index is 0.121. The molecule has 0 spiro atoms. The second-order valence-electron chi connectivity index (χ2n) is 6.02. The number of aliphatic hydroxyl groups is 1. The molecule has 3 rings (SSSR count). The summed E-state index contributed by atoms with van der Waals surface area (Å²) in [6.07, 6.45) is 2.40. The van der Waals surface area contributed by atoms with Crippen LogP contribution in [-0.2, 0) is 7.05 Å². The highest BCUT2D eigenvalue weighted by Gasteiger charge is 2.28. The van der Waals surface area contributed by atoms with Crippen LogP contribution < -0.4 is 5.76 Å². The number of benzene rings is 1. The third-order valence-corrected chi connectivity index (χ3v) is 4.52. The van der Waals surface area contributed by atoms with E-state index in [-0.39, 0.29) is 17.9 Å². The van der Waals surface area contributed by atoms with Crippen LogP contribution in [0.15, 0.2) is 27.4 Å². The van der Waals surface area contributed by atoms with Crippen LogP contribution >= 0.6 is 0 Å². The van der Waals surface area contributed by atoms with Crippen LogP contribution in [-0.4, -0.2) is 40.2 Å². The van der Waals surface area contributed by atoms with Gasteiger partial charge in [-0.05, 0) is 25.0 Å². The fourth-order valence-corrected chi connectivity index (χ4v) is 3.19. The molecule has 1 aliphatic carbocycles. The van der Waals surface area contributed by atoms with Gasteiger partial charge in [0.05, 0.1) is 17.2 Å². The molecule has 0 bridgehead atoms. The van der Waals surface area contributed by atoms with Crippen LogP contribution in [0.4, 0.5) is 0 Å². The van der Waals surface area contributed by atoms with Crippen LogP contribution in [0.1, 0.15) is 29.6 Å². The number of fused-ring (bicyclic) bond motifs is 1. The maximum atomic E-state index is 12.6. The van der Waals surface area contributed by atoms with E-state index in [1.54, 1.807) is 37.2 Å². The molecule has 2 atom stereocenters. The lowest BCUT2D eigenvalue weighted by molar-refractivity contribution is 0.0694. The van der Waals surface area contributed by atoms with Gasteiger partial charge < -0.3 is 14.4 Å². The van der Waals surface area contributed by atoms with E-state index in [1.165, 1.54) is 4.57 Å². The fraction of sp³-hybridized carbons (Fsp3) is 0.500. The molecule has 1 saturated carbocycles. The zero-order chi connectivity index (χ0) is 15.9. The van der Waals surface area contributed by atoms with Gasteiger partial charge in [0.2, 0.25) is 0 Å². The predicted molar refractivity (Wildman–Crippen MR) is 81.8 cm³/mol. The monoisotopic (exact) mass is 304 g/mol. The van der Waals surface area contributed by atoms with Crippen LogP contribution in [0.25, 0.3) is 11.1 Å². The molecule has 1 aliphatic rings. The molecule has 1 aromatic carbocycles. The molecule has 22 heavy (non-hydrogen) atoms. The molecule has 0 radical (unpaired) electrons. The number of carbonyl (C=O) groups excluding carboxylic acids is 1. The Morgan fingerprint density at radius 1 is 1.45 bits per heavy atom. The van der Waals surface area contributed by atoms with Crippen molar-refractivity contribution in [2.24, 2.45) is 13.0 Å². The molecule has 1 amide bonds. The molecular formula is C16H20N2O4. The van der Waals surface area contributed by atoms with Crippen molar-refractivity contribution in [3.8, 4) is 0 Å². The highest BCUT2D eigenvalue weighted by molar-refractivity contribution is 6.04. The second-order valence-corrected chi connectivity index (χ2v) is 6.02. The molecule has 2 aromatic rings. The lowest BCUT2D eigenvalue weighted by atomic mass is 10.0. The van der Waals surface area contributed by atoms with Gasteiger partial charge in [-0.1, -0.05) is 12.5 Å². The van der Waals surface area contributed by atoms with Gasteiger partial charge >= 0.3 is 5.76 Å². The molecule has 2 unspecified atom stereocenters. The Kier molecular flexibility index (Phi) is 3.78. The molecule has 1 N–H and O–H groups in total. The number of aliphatic hydroxyl groups excluding tert-OH is 1. The molecule has 1 heterocycles. The lowest BCUT2D eigenvalue weighted by Crippen LogP contribution is -2.34. The summed E-state index contributed by atoms with van der Waals surface area (Å²) in [5.41, 5.74) is 1.30. The summed E-state index contributed by atoms with van der Waals surface area (Å²) in [6.45, 7) is 0.507. The number of aryl methyl sites for hydroxylation is 1. The van der Waals surface area contributed by atoms with E-state index in [0.717, 1.165) is 19.3 Å². The molecule has 6 heteroatoms. The number of carbonyl (C=O) groups is 1. The smallest absolute Gasteiger partial charge is 0.407 e. The number of oxazole rings is 1. The third-order valence-electron chi connectivity index (χ3n) is 4.52. The van der Waals surface area contributed by atoms with Crippen LogP contribution in [0.2, 0.25) is 0 Å². The van der Waals surface area contributed by atoms with Gasteiger partial charge in [0.15, 0.2) is 5.58 Å². The Hall–Kier alpha value is -2.08. The van der Waals surface area contributed by atoms with Gasteiger partial charge in [-0.25, -0.2) is 4.79 Å². The number of rotatable bonds is 3. The Balaban J connectivity index is 1.88. The topological polar surface area (TPSA) is 75.7 Å². The number of amides is 1. The van der Waals surface area contributed by atoms with Crippen LogP contribution in [0.3, 0.4) is 0 Å². The molecule has 0 aliphatic heterocycles. The average Bonchev–Trinajstić information content (AvgIpc) is 3.03. The molecule has 1 fully saturated rings. The SMILES string of the molecule is CN(CC1CCCC1O)C(=O)c1cccc2c1oc(=O)n2C. The number of para-hydroxylation sites is 1. The van der Waals surface area contributed by atoms with Crippen molar-refractivity contribution in [1.82, 2.24) is 9.47 Å². The number of hydrogen-bond acceptors (Lipinski definition) is 4. The van der Waals surface area contributed by atoms with Crippen molar-refractivity contribution in [3.63, 3.8) is 0 Å². The summed E-state index contributed by atoms with van der Waals surface area (Å²) in [7, 11) is 3.33. The first-order valence-electron chi connectivity index (χ1n) is 7.51. The van der Waals surface area contributed by atoms with E-state index >= 15 is 0 Å². The van der Waals surface area contributed by atoms with Gasteiger partial charge in [-0.3, -0.25) is 9.36 Å². The van der Waals surface area contributed by atoms with Crippen molar-refractivity contribution < 1.29 is 14.3 Å². The zero-order valence-electron chi connectivity index (χ0n) is 12.8. The van der Waals surface area contributed by atoms with Crippen LogP contribution in [0.5, 0.6) is 0 Å². The molecule has 6 nitrogen and oxygen atoms in total. The standard InChI is InChI=1S/C16H20N2O4/c1-17(9-10-5-3-8-13(10)19)15(20)11-6-4-7-12-14(11)22-16(21)18(12)2/h4,6-7,10,13,19H,3,5,8-9H2,1-2H3. The van der Waals surface area contributed by atoms with Crippen molar-refractivity contribution in [1.29, 1.82) is 0 Å². The maximum absolute atomic E-state index is 12.6. The van der Waals surface area contributed by atoms with Gasteiger partial charge in [-0.15, -0.1) is 0 Å². The average molecular weight is 304 g/mol. The van der Waals surface area contributed by atoms with E-state index in [0.29, 0.717) is 23.2 Å². The van der Waals surface area contributed by atoms with E-state index in [4.69, 9.17) is 4.42 Å². The number of nitrogens with zero attached hydrogens (tertiary/aromatic N) is 2. The largest absolute Gasteiger partial charge is 0.419 e. The first-order valence-corrected chi connectivity index (χ1v) is 7.51. The predicted octanol–water partition coefficient (Wildman–Crippen LogP) is 1.36. The minimum Gasteiger partial charge on any atom is -0.407 e. The summed E-state index contributed by atoms with van der Waals surface area (Å²) in [6, 6.07) is 5.15. The van der Waals surface area contributed by atoms with Crippen molar-refractivity contribution in [3.05, 3.63) is 34.3 Å². The van der Waals surface area contributed by atoms with E-state index in [1.807, 2.05) is 0 Å². The van der Waals surface area contributed by atoms with Gasteiger partial charge in [0.25, 0.3) is 5.91 Å². The summed E-state index contributed by atoms with van der Waals surface area (Å²) in [5.74, 6) is -0.556.